The van der Waals surface area contributed by atoms with E-state index in [0.29, 0.717) is 30.2 Å². The fourth-order valence-electron chi connectivity index (χ4n) is 3.96. The first-order valence-corrected chi connectivity index (χ1v) is 11.1. The molecule has 1 fully saturated rings. The summed E-state index contributed by atoms with van der Waals surface area (Å²) in [6, 6.07) is 14.9. The molecule has 0 saturated heterocycles. The molecule has 10 heteroatoms. The Hall–Kier alpha value is -3.27. The van der Waals surface area contributed by atoms with E-state index in [-0.39, 0.29) is 28.6 Å². The van der Waals surface area contributed by atoms with Crippen LogP contribution < -0.4 is 0 Å². The number of halogens is 1. The number of nitro benzene ring substituents is 1. The van der Waals surface area contributed by atoms with Crippen LogP contribution in [0.5, 0.6) is 0 Å². The summed E-state index contributed by atoms with van der Waals surface area (Å²) in [5, 5.41) is 16.0. The Bertz CT molecular complexity index is 1150. The van der Waals surface area contributed by atoms with Gasteiger partial charge in [-0.25, -0.2) is 18.9 Å². The molecule has 164 valence electrons. The molecule has 0 unspecified atom stereocenters. The smallest absolute Gasteiger partial charge is 0.338 e. The molecule has 5 rings (SSSR count). The van der Waals surface area contributed by atoms with Crippen molar-refractivity contribution in [3.05, 3.63) is 81.7 Å². The number of aromatic nitrogens is 3. The van der Waals surface area contributed by atoms with Gasteiger partial charge >= 0.3 is 5.97 Å². The molecule has 1 aliphatic heterocycles. The number of alkyl halides is 1. The maximum atomic E-state index is 14.5. The number of benzene rings is 2. The van der Waals surface area contributed by atoms with Crippen molar-refractivity contribution in [2.24, 2.45) is 0 Å². The Morgan fingerprint density at radius 2 is 1.84 bits per heavy atom. The topological polar surface area (TPSA) is 100 Å². The lowest BCUT2D eigenvalue weighted by Crippen LogP contribution is -2.35. The Morgan fingerprint density at radius 1 is 1.12 bits per heavy atom. The van der Waals surface area contributed by atoms with Crippen LogP contribution in [0.4, 0.5) is 10.1 Å². The number of esters is 1. The van der Waals surface area contributed by atoms with Gasteiger partial charge in [-0.1, -0.05) is 42.1 Å². The molecule has 2 aromatic carbocycles. The highest BCUT2D eigenvalue weighted by molar-refractivity contribution is 7.99. The number of hydrogen-bond donors (Lipinski definition) is 0. The summed E-state index contributed by atoms with van der Waals surface area (Å²) < 4.78 is 21.7. The van der Waals surface area contributed by atoms with Crippen LogP contribution in [0.1, 0.15) is 53.2 Å². The highest BCUT2D eigenvalue weighted by Crippen LogP contribution is 2.42. The molecule has 0 N–H and O–H groups in total. The van der Waals surface area contributed by atoms with Gasteiger partial charge in [-0.2, -0.15) is 0 Å². The minimum absolute atomic E-state index is 0.0776. The third-order valence-electron chi connectivity index (χ3n) is 5.74. The predicted molar refractivity (Wildman–Crippen MR) is 114 cm³/mol. The predicted octanol–water partition coefficient (Wildman–Crippen LogP) is 4.67. The molecule has 0 spiro atoms. The van der Waals surface area contributed by atoms with E-state index in [1.807, 2.05) is 30.3 Å². The van der Waals surface area contributed by atoms with Crippen molar-refractivity contribution in [3.8, 4) is 0 Å². The number of non-ortho nitro benzene ring substituents is 1. The molecule has 0 amide bonds. The van der Waals surface area contributed by atoms with E-state index in [1.54, 1.807) is 4.68 Å². The van der Waals surface area contributed by atoms with Crippen LogP contribution >= 0.6 is 11.8 Å². The summed E-state index contributed by atoms with van der Waals surface area (Å²) in [6.45, 7) is 0. The van der Waals surface area contributed by atoms with Crippen molar-refractivity contribution < 1.29 is 18.8 Å². The SMILES string of the molecule is O=C(O[C@H]1C[C@H](Sc2nc3n(n2)[C@H](c2ccccc2)C[C@@H]3F)C1)c1ccc([N+](=O)[O-])cc1. The fourth-order valence-corrected chi connectivity index (χ4v) is 5.16. The molecule has 2 aliphatic rings. The van der Waals surface area contributed by atoms with E-state index in [0.717, 1.165) is 5.56 Å². The minimum Gasteiger partial charge on any atom is -0.459 e. The largest absolute Gasteiger partial charge is 0.459 e. The second kappa shape index (κ2) is 8.34. The Kier molecular flexibility index (Phi) is 5.38. The monoisotopic (exact) mass is 454 g/mol. The molecule has 0 bridgehead atoms. The van der Waals surface area contributed by atoms with Gasteiger partial charge in [0.15, 0.2) is 12.0 Å². The van der Waals surface area contributed by atoms with Gasteiger partial charge in [0.1, 0.15) is 6.10 Å². The van der Waals surface area contributed by atoms with Gasteiger partial charge < -0.3 is 4.74 Å². The number of ether oxygens (including phenoxy) is 1. The molecular weight excluding hydrogens is 435 g/mol. The van der Waals surface area contributed by atoms with Crippen molar-refractivity contribution in [1.82, 2.24) is 14.8 Å². The van der Waals surface area contributed by atoms with Crippen LogP contribution in [0.25, 0.3) is 0 Å². The van der Waals surface area contributed by atoms with Gasteiger partial charge in [0.25, 0.3) is 5.69 Å². The molecule has 3 aromatic rings. The number of hydrogen-bond acceptors (Lipinski definition) is 7. The lowest BCUT2D eigenvalue weighted by molar-refractivity contribution is -0.384. The standard InChI is InChI=1S/C22H19FN4O4S/c23-18-12-19(13-4-2-1-3-5-13)26-20(18)24-22(25-26)32-17-10-16(11-17)31-21(28)14-6-8-15(9-7-14)27(29)30/h1-9,16-19H,10-12H2/t16-,17-,18-,19-/m0/s1. The summed E-state index contributed by atoms with van der Waals surface area (Å²) in [6.07, 6.45) is 0.270. The third kappa shape index (κ3) is 3.97. The number of thioether (sulfide) groups is 1. The van der Waals surface area contributed by atoms with E-state index in [4.69, 9.17) is 4.74 Å². The van der Waals surface area contributed by atoms with Crippen molar-refractivity contribution in [2.45, 2.75) is 48.0 Å². The highest BCUT2D eigenvalue weighted by atomic mass is 32.2. The van der Waals surface area contributed by atoms with E-state index >= 15 is 0 Å². The Labute approximate surface area is 186 Å². The van der Waals surface area contributed by atoms with Gasteiger partial charge in [-0.3, -0.25) is 10.1 Å². The molecule has 2 atom stereocenters. The lowest BCUT2D eigenvalue weighted by atomic mass is 9.95. The minimum atomic E-state index is -1.14. The van der Waals surface area contributed by atoms with E-state index < -0.39 is 17.1 Å². The molecule has 32 heavy (non-hydrogen) atoms. The van der Waals surface area contributed by atoms with E-state index in [1.165, 1.54) is 36.0 Å². The van der Waals surface area contributed by atoms with Gasteiger partial charge in [0.05, 0.1) is 16.5 Å². The Morgan fingerprint density at radius 3 is 2.53 bits per heavy atom. The van der Waals surface area contributed by atoms with Gasteiger partial charge in [0, 0.05) is 23.8 Å². The zero-order chi connectivity index (χ0) is 22.2. The van der Waals surface area contributed by atoms with Crippen LogP contribution in [0.2, 0.25) is 0 Å². The van der Waals surface area contributed by atoms with Crippen molar-refractivity contribution in [2.75, 3.05) is 0 Å². The molecule has 1 aromatic heterocycles. The van der Waals surface area contributed by atoms with Crippen molar-refractivity contribution >= 4 is 23.4 Å². The van der Waals surface area contributed by atoms with E-state index in [9.17, 15) is 19.3 Å². The normalized spacial score (nSPS) is 23.9. The average molecular weight is 454 g/mol. The first kappa shape index (κ1) is 20.6. The zero-order valence-electron chi connectivity index (χ0n) is 16.8. The number of nitrogens with zero attached hydrogens (tertiary/aromatic N) is 4. The summed E-state index contributed by atoms with van der Waals surface area (Å²) in [7, 11) is 0. The van der Waals surface area contributed by atoms with Gasteiger partial charge in [0.2, 0.25) is 5.16 Å². The zero-order valence-corrected chi connectivity index (χ0v) is 17.7. The molecule has 2 heterocycles. The Balaban J connectivity index is 1.16. The molecule has 0 radical (unpaired) electrons. The second-order valence-corrected chi connectivity index (χ2v) is 9.14. The fraction of sp³-hybridized carbons (Fsp3) is 0.318. The molecule has 1 aliphatic carbocycles. The van der Waals surface area contributed by atoms with Crippen LogP contribution in [-0.2, 0) is 4.74 Å². The first-order valence-electron chi connectivity index (χ1n) is 10.3. The summed E-state index contributed by atoms with van der Waals surface area (Å²) >= 11 is 1.47. The van der Waals surface area contributed by atoms with Crippen molar-refractivity contribution in [3.63, 3.8) is 0 Å². The maximum Gasteiger partial charge on any atom is 0.338 e. The highest BCUT2D eigenvalue weighted by Gasteiger charge is 2.38. The maximum absolute atomic E-state index is 14.5. The van der Waals surface area contributed by atoms with Crippen LogP contribution in [0, 0.1) is 10.1 Å². The van der Waals surface area contributed by atoms with Gasteiger partial charge in [-0.15, -0.1) is 5.10 Å². The number of carbonyl (C=O) groups excluding carboxylic acids is 1. The van der Waals surface area contributed by atoms with Crippen LogP contribution in [0.3, 0.4) is 0 Å². The summed E-state index contributed by atoms with van der Waals surface area (Å²) in [5.74, 6) is -0.139. The average Bonchev–Trinajstić information content (AvgIpc) is 3.32. The number of rotatable bonds is 6. The quantitative estimate of drug-likeness (QED) is 0.303. The summed E-state index contributed by atoms with van der Waals surface area (Å²) in [4.78, 5) is 26.8. The second-order valence-electron chi connectivity index (χ2n) is 7.87. The third-order valence-corrected chi connectivity index (χ3v) is 6.84. The summed E-state index contributed by atoms with van der Waals surface area (Å²) in [5.41, 5.74) is 1.21. The van der Waals surface area contributed by atoms with E-state index in [2.05, 4.69) is 10.1 Å². The molecular formula is C22H19FN4O4S. The first-order chi connectivity index (χ1) is 15.5. The lowest BCUT2D eigenvalue weighted by Gasteiger charge is -2.33. The van der Waals surface area contributed by atoms with Crippen molar-refractivity contribution in [1.29, 1.82) is 0 Å². The van der Waals surface area contributed by atoms with Gasteiger partial charge in [-0.05, 0) is 30.5 Å². The number of carbonyl (C=O) groups is 1. The van der Waals surface area contributed by atoms with Crippen LogP contribution in [-0.4, -0.2) is 37.0 Å². The number of fused-ring (bicyclic) bond motifs is 1. The number of nitro groups is 1. The van der Waals surface area contributed by atoms with Crippen LogP contribution in [0.15, 0.2) is 59.8 Å². The molecule has 1 saturated carbocycles. The molecule has 8 nitrogen and oxygen atoms in total.